The molecule has 4 nitrogen and oxygen atoms in total. The maximum absolute atomic E-state index is 12.3. The number of para-hydroxylation sites is 1. The molecule has 0 aliphatic rings. The monoisotopic (exact) mass is 254 g/mol. The van der Waals surface area contributed by atoms with Gasteiger partial charge in [0.2, 0.25) is 0 Å². The largest absolute Gasteiger partial charge is 0.464 e. The molecular weight excluding hydrogens is 240 g/mol. The lowest BCUT2D eigenvalue weighted by molar-refractivity contribution is 0.0991. The molecule has 0 aliphatic carbocycles. The minimum Gasteiger partial charge on any atom is -0.464 e. The van der Waals surface area contributed by atoms with Crippen LogP contribution in [0.3, 0.4) is 0 Å². The Morgan fingerprint density at radius 3 is 2.89 bits per heavy atom. The number of furan rings is 1. The molecule has 0 fully saturated rings. The predicted molar refractivity (Wildman–Crippen MR) is 72.2 cm³/mol. The van der Waals surface area contributed by atoms with Crippen molar-refractivity contribution in [3.8, 4) is 0 Å². The van der Waals surface area contributed by atoms with Crippen molar-refractivity contribution in [1.29, 1.82) is 0 Å². The first-order valence-corrected chi connectivity index (χ1v) is 6.14. The Kier molecular flexibility index (Phi) is 2.71. The molecule has 4 heteroatoms. The SMILES string of the molecule is Cc1cc(CC(=O)c2coc3ccccc23)n(C)n1. The van der Waals surface area contributed by atoms with Crippen LogP contribution < -0.4 is 0 Å². The molecule has 0 amide bonds. The lowest BCUT2D eigenvalue weighted by atomic mass is 10.1. The Balaban J connectivity index is 1.94. The summed E-state index contributed by atoms with van der Waals surface area (Å²) in [6.45, 7) is 1.92. The zero-order chi connectivity index (χ0) is 13.4. The zero-order valence-electron chi connectivity index (χ0n) is 10.9. The molecular formula is C15H14N2O2. The van der Waals surface area contributed by atoms with E-state index in [1.807, 2.05) is 44.3 Å². The summed E-state index contributed by atoms with van der Waals surface area (Å²) >= 11 is 0. The van der Waals surface area contributed by atoms with Gasteiger partial charge in [0.1, 0.15) is 11.8 Å². The highest BCUT2D eigenvalue weighted by molar-refractivity contribution is 6.07. The molecule has 0 saturated carbocycles. The molecule has 2 aromatic heterocycles. The number of carbonyl (C=O) groups excluding carboxylic acids is 1. The van der Waals surface area contributed by atoms with Crippen LogP contribution in [0.25, 0.3) is 11.0 Å². The summed E-state index contributed by atoms with van der Waals surface area (Å²) in [5, 5.41) is 5.12. The summed E-state index contributed by atoms with van der Waals surface area (Å²) in [5.74, 6) is 0.0490. The number of hydrogen-bond acceptors (Lipinski definition) is 3. The fourth-order valence-electron chi connectivity index (χ4n) is 2.28. The fourth-order valence-corrected chi connectivity index (χ4v) is 2.28. The number of aryl methyl sites for hydroxylation is 2. The minimum atomic E-state index is 0.0490. The quantitative estimate of drug-likeness (QED) is 0.675. The van der Waals surface area contributed by atoms with Gasteiger partial charge in [0.05, 0.1) is 17.7 Å². The van der Waals surface area contributed by atoms with Crippen molar-refractivity contribution < 1.29 is 9.21 Å². The van der Waals surface area contributed by atoms with Gasteiger partial charge in [-0.15, -0.1) is 0 Å². The van der Waals surface area contributed by atoms with Crippen molar-refractivity contribution in [2.24, 2.45) is 7.05 Å². The van der Waals surface area contributed by atoms with Gasteiger partial charge in [-0.05, 0) is 19.1 Å². The van der Waals surface area contributed by atoms with Crippen molar-refractivity contribution in [3.63, 3.8) is 0 Å². The second-order valence-electron chi connectivity index (χ2n) is 4.65. The van der Waals surface area contributed by atoms with Crippen molar-refractivity contribution in [2.75, 3.05) is 0 Å². The number of nitrogens with zero attached hydrogens (tertiary/aromatic N) is 2. The van der Waals surface area contributed by atoms with E-state index >= 15 is 0 Å². The number of Topliss-reactive ketones (excluding diaryl/α,β-unsaturated/α-hetero) is 1. The molecule has 3 aromatic rings. The average molecular weight is 254 g/mol. The lowest BCUT2D eigenvalue weighted by Crippen LogP contribution is -2.07. The van der Waals surface area contributed by atoms with E-state index in [9.17, 15) is 4.79 Å². The Morgan fingerprint density at radius 2 is 2.16 bits per heavy atom. The Morgan fingerprint density at radius 1 is 1.37 bits per heavy atom. The van der Waals surface area contributed by atoms with Gasteiger partial charge >= 0.3 is 0 Å². The van der Waals surface area contributed by atoms with E-state index in [1.54, 1.807) is 4.68 Å². The Hall–Kier alpha value is -2.36. The van der Waals surface area contributed by atoms with E-state index in [-0.39, 0.29) is 5.78 Å². The van der Waals surface area contributed by atoms with Crippen LogP contribution in [-0.4, -0.2) is 15.6 Å². The molecule has 0 bridgehead atoms. The number of rotatable bonds is 3. The molecule has 19 heavy (non-hydrogen) atoms. The summed E-state index contributed by atoms with van der Waals surface area (Å²) in [5.41, 5.74) is 3.21. The summed E-state index contributed by atoms with van der Waals surface area (Å²) in [4.78, 5) is 12.3. The number of carbonyl (C=O) groups is 1. The van der Waals surface area contributed by atoms with Crippen LogP contribution in [0.1, 0.15) is 21.7 Å². The number of ketones is 1. The standard InChI is InChI=1S/C15H14N2O2/c1-10-7-11(17(2)16-10)8-14(18)13-9-19-15-6-4-3-5-12(13)15/h3-7,9H,8H2,1-2H3. The smallest absolute Gasteiger partial charge is 0.172 e. The molecule has 0 radical (unpaired) electrons. The first-order valence-electron chi connectivity index (χ1n) is 6.14. The van der Waals surface area contributed by atoms with Gasteiger partial charge in [-0.1, -0.05) is 18.2 Å². The third-order valence-corrected chi connectivity index (χ3v) is 3.22. The first kappa shape index (κ1) is 11.7. The van der Waals surface area contributed by atoms with Crippen molar-refractivity contribution >= 4 is 16.8 Å². The highest BCUT2D eigenvalue weighted by atomic mass is 16.3. The van der Waals surface area contributed by atoms with E-state index in [2.05, 4.69) is 5.10 Å². The third-order valence-electron chi connectivity index (χ3n) is 3.22. The molecule has 0 unspecified atom stereocenters. The van der Waals surface area contributed by atoms with Crippen molar-refractivity contribution in [1.82, 2.24) is 9.78 Å². The lowest BCUT2D eigenvalue weighted by Gasteiger charge is -2.00. The average Bonchev–Trinajstić information content (AvgIpc) is 2.93. The Bertz CT molecular complexity index is 752. The fraction of sp³-hybridized carbons (Fsp3) is 0.200. The van der Waals surface area contributed by atoms with Gasteiger partial charge in [-0.25, -0.2) is 0 Å². The van der Waals surface area contributed by atoms with Crippen molar-refractivity contribution in [3.05, 3.63) is 53.5 Å². The molecule has 0 saturated heterocycles. The number of hydrogen-bond donors (Lipinski definition) is 0. The van der Waals surface area contributed by atoms with Crippen LogP contribution in [0.5, 0.6) is 0 Å². The van der Waals surface area contributed by atoms with Crippen molar-refractivity contribution in [2.45, 2.75) is 13.3 Å². The summed E-state index contributed by atoms with van der Waals surface area (Å²) in [6, 6.07) is 9.49. The van der Waals surface area contributed by atoms with Gasteiger partial charge in [-0.2, -0.15) is 5.10 Å². The van der Waals surface area contributed by atoms with Crippen LogP contribution in [0.15, 0.2) is 41.0 Å². The van der Waals surface area contributed by atoms with Crippen LogP contribution in [0, 0.1) is 6.92 Å². The molecule has 0 aliphatic heterocycles. The second kappa shape index (κ2) is 4.39. The second-order valence-corrected chi connectivity index (χ2v) is 4.65. The normalized spacial score (nSPS) is 11.1. The number of fused-ring (bicyclic) bond motifs is 1. The molecule has 3 rings (SSSR count). The predicted octanol–water partition coefficient (Wildman–Crippen LogP) is 2.90. The van der Waals surface area contributed by atoms with Gasteiger partial charge in [0, 0.05) is 18.1 Å². The van der Waals surface area contributed by atoms with Crippen LogP contribution in [0.4, 0.5) is 0 Å². The zero-order valence-corrected chi connectivity index (χ0v) is 10.9. The highest BCUT2D eigenvalue weighted by Gasteiger charge is 2.15. The number of benzene rings is 1. The molecule has 0 spiro atoms. The maximum atomic E-state index is 12.3. The van der Waals surface area contributed by atoms with Gasteiger partial charge in [0.25, 0.3) is 0 Å². The molecule has 0 N–H and O–H groups in total. The van der Waals surface area contributed by atoms with E-state index in [1.165, 1.54) is 6.26 Å². The van der Waals surface area contributed by atoms with Gasteiger partial charge < -0.3 is 4.42 Å². The van der Waals surface area contributed by atoms with Gasteiger partial charge in [-0.3, -0.25) is 9.48 Å². The molecule has 96 valence electrons. The summed E-state index contributed by atoms with van der Waals surface area (Å²) in [7, 11) is 1.85. The summed E-state index contributed by atoms with van der Waals surface area (Å²) < 4.78 is 7.15. The third kappa shape index (κ3) is 2.05. The van der Waals surface area contributed by atoms with Crippen LogP contribution in [0.2, 0.25) is 0 Å². The molecule has 2 heterocycles. The van der Waals surface area contributed by atoms with E-state index in [0.717, 1.165) is 22.4 Å². The maximum Gasteiger partial charge on any atom is 0.172 e. The topological polar surface area (TPSA) is 48.0 Å². The van der Waals surface area contributed by atoms with Crippen LogP contribution in [-0.2, 0) is 13.5 Å². The Labute approximate surface area is 110 Å². The van der Waals surface area contributed by atoms with E-state index < -0.39 is 0 Å². The molecule has 0 atom stereocenters. The van der Waals surface area contributed by atoms with Gasteiger partial charge in [0.15, 0.2) is 5.78 Å². The molecule has 1 aromatic carbocycles. The van der Waals surface area contributed by atoms with E-state index in [4.69, 9.17) is 4.42 Å². The highest BCUT2D eigenvalue weighted by Crippen LogP contribution is 2.22. The van der Waals surface area contributed by atoms with Crippen LogP contribution >= 0.6 is 0 Å². The minimum absolute atomic E-state index is 0.0490. The van der Waals surface area contributed by atoms with E-state index in [0.29, 0.717) is 12.0 Å². The number of aromatic nitrogens is 2. The first-order chi connectivity index (χ1) is 9.15. The summed E-state index contributed by atoms with van der Waals surface area (Å²) in [6.07, 6.45) is 1.87.